The van der Waals surface area contributed by atoms with E-state index in [4.69, 9.17) is 4.74 Å². The molecule has 1 fully saturated rings. The molecule has 0 spiro atoms. The third kappa shape index (κ3) is 4.14. The maximum Gasteiger partial charge on any atom is 0.240 e. The molecule has 1 aromatic rings. The molecule has 0 bridgehead atoms. The largest absolute Gasteiger partial charge is 0.375 e. The van der Waals surface area contributed by atoms with Crippen LogP contribution in [0.1, 0.15) is 23.4 Å². The van der Waals surface area contributed by atoms with Crippen molar-refractivity contribution in [1.82, 2.24) is 10.3 Å². The van der Waals surface area contributed by atoms with Crippen LogP contribution in [0.15, 0.2) is 0 Å². The summed E-state index contributed by atoms with van der Waals surface area (Å²) in [5, 5.41) is 6.71. The number of hydrogen-bond acceptors (Lipinski definition) is 5. The Morgan fingerprint density at radius 1 is 1.47 bits per heavy atom. The van der Waals surface area contributed by atoms with Gasteiger partial charge in [0.25, 0.3) is 0 Å². The monoisotopic (exact) mass is 303 g/mol. The van der Waals surface area contributed by atoms with Crippen molar-refractivity contribution in [3.05, 3.63) is 10.6 Å². The lowest BCUT2D eigenvalue weighted by Crippen LogP contribution is -2.29. The van der Waals surface area contributed by atoms with Crippen molar-refractivity contribution >= 4 is 34.8 Å². The third-order valence-corrected chi connectivity index (χ3v) is 4.14. The average Bonchev–Trinajstić information content (AvgIpc) is 3.08. The van der Waals surface area contributed by atoms with E-state index in [-0.39, 0.29) is 18.3 Å². The molecule has 2 heterocycles. The molecule has 19 heavy (non-hydrogen) atoms. The minimum Gasteiger partial charge on any atom is -0.375 e. The average molecular weight is 304 g/mol. The molecule has 1 saturated carbocycles. The van der Waals surface area contributed by atoms with E-state index in [1.165, 1.54) is 24.2 Å². The predicted molar refractivity (Wildman–Crippen MR) is 76.9 cm³/mol. The molecule has 0 saturated heterocycles. The van der Waals surface area contributed by atoms with E-state index in [1.54, 1.807) is 0 Å². The zero-order valence-corrected chi connectivity index (χ0v) is 12.2. The van der Waals surface area contributed by atoms with Crippen LogP contribution in [0.5, 0.6) is 0 Å². The summed E-state index contributed by atoms with van der Waals surface area (Å²) >= 11 is 1.52. The number of nitrogens with zero attached hydrogens (tertiary/aromatic N) is 1. The fraction of sp³-hybridized carbons (Fsp3) is 0.667. The van der Waals surface area contributed by atoms with Crippen LogP contribution < -0.4 is 10.6 Å². The van der Waals surface area contributed by atoms with Crippen molar-refractivity contribution < 1.29 is 9.53 Å². The maximum absolute atomic E-state index is 11.7. The molecule has 1 aromatic heterocycles. The first-order chi connectivity index (χ1) is 8.81. The summed E-state index contributed by atoms with van der Waals surface area (Å²) in [6.45, 7) is 2.68. The highest BCUT2D eigenvalue weighted by Gasteiger charge is 2.21. The Morgan fingerprint density at radius 2 is 2.32 bits per heavy atom. The second kappa shape index (κ2) is 6.65. The molecule has 0 atom stereocenters. The lowest BCUT2D eigenvalue weighted by Gasteiger charge is -2.08. The Hall–Kier alpha value is -0.690. The van der Waals surface area contributed by atoms with Crippen LogP contribution in [0, 0.1) is 5.92 Å². The molecule has 1 aliphatic heterocycles. The number of rotatable bonds is 5. The zero-order chi connectivity index (χ0) is 12.4. The number of anilines is 1. The fourth-order valence-electron chi connectivity index (χ4n) is 1.95. The predicted octanol–water partition coefficient (Wildman–Crippen LogP) is 1.58. The van der Waals surface area contributed by atoms with Gasteiger partial charge >= 0.3 is 0 Å². The summed E-state index contributed by atoms with van der Waals surface area (Å²) in [7, 11) is 0. The van der Waals surface area contributed by atoms with Crippen molar-refractivity contribution in [1.29, 1.82) is 0 Å². The van der Waals surface area contributed by atoms with Gasteiger partial charge in [0, 0.05) is 6.42 Å². The number of hydrogen-bond donors (Lipinski definition) is 2. The normalized spacial score (nSPS) is 17.5. The summed E-state index contributed by atoms with van der Waals surface area (Å²) in [6.07, 6.45) is 3.45. The van der Waals surface area contributed by atoms with Crippen LogP contribution in [0.25, 0.3) is 0 Å². The van der Waals surface area contributed by atoms with Gasteiger partial charge in [-0.3, -0.25) is 4.79 Å². The molecule has 0 radical (unpaired) electrons. The Morgan fingerprint density at radius 3 is 3.05 bits per heavy atom. The van der Waals surface area contributed by atoms with E-state index >= 15 is 0 Å². The highest BCUT2D eigenvalue weighted by Crippen LogP contribution is 2.28. The van der Waals surface area contributed by atoms with Crippen molar-refractivity contribution in [3.8, 4) is 0 Å². The van der Waals surface area contributed by atoms with Crippen molar-refractivity contribution in [2.24, 2.45) is 5.92 Å². The number of amides is 1. The number of aromatic nitrogens is 1. The lowest BCUT2D eigenvalue weighted by molar-refractivity contribution is -0.115. The van der Waals surface area contributed by atoms with Crippen LogP contribution >= 0.6 is 23.7 Å². The molecular weight excluding hydrogens is 286 g/mol. The van der Waals surface area contributed by atoms with Crippen molar-refractivity contribution in [2.75, 3.05) is 25.0 Å². The minimum absolute atomic E-state index is 0. The van der Waals surface area contributed by atoms with Crippen LogP contribution in [0.3, 0.4) is 0 Å². The summed E-state index contributed by atoms with van der Waals surface area (Å²) < 4.78 is 5.36. The number of thiazole rings is 1. The van der Waals surface area contributed by atoms with Crippen LogP contribution in [-0.2, 0) is 22.6 Å². The van der Waals surface area contributed by atoms with E-state index in [0.29, 0.717) is 18.3 Å². The van der Waals surface area contributed by atoms with E-state index in [0.717, 1.165) is 36.1 Å². The van der Waals surface area contributed by atoms with E-state index in [1.807, 2.05) is 0 Å². The van der Waals surface area contributed by atoms with Gasteiger partial charge in [-0.2, -0.15) is 0 Å². The van der Waals surface area contributed by atoms with Crippen molar-refractivity contribution in [2.45, 2.75) is 25.9 Å². The molecule has 0 aromatic carbocycles. The Balaban J connectivity index is 0.00000133. The van der Waals surface area contributed by atoms with E-state index < -0.39 is 0 Å². The second-order valence-corrected chi connectivity index (χ2v) is 5.90. The minimum atomic E-state index is -0.0114. The van der Waals surface area contributed by atoms with E-state index in [9.17, 15) is 4.79 Å². The van der Waals surface area contributed by atoms with Gasteiger partial charge < -0.3 is 15.4 Å². The Kier molecular flexibility index (Phi) is 5.15. The molecule has 106 valence electrons. The Bertz CT molecular complexity index is 425. The standard InChI is InChI=1S/C12H17N3O2S.ClH/c16-11(6-13-5-8-1-2-8)15-12-14-9-3-4-17-7-10(9)18-12;/h8,13H,1-7H2,(H,14,15,16);1H. The topological polar surface area (TPSA) is 63.2 Å². The van der Waals surface area contributed by atoms with Gasteiger partial charge in [-0.15, -0.1) is 12.4 Å². The maximum atomic E-state index is 11.7. The van der Waals surface area contributed by atoms with Crippen LogP contribution in [0.4, 0.5) is 5.13 Å². The molecule has 1 amide bonds. The number of ether oxygens (including phenoxy) is 1. The zero-order valence-electron chi connectivity index (χ0n) is 10.6. The van der Waals surface area contributed by atoms with Gasteiger partial charge in [0.15, 0.2) is 5.13 Å². The molecule has 2 N–H and O–H groups in total. The summed E-state index contributed by atoms with van der Waals surface area (Å²) in [5.41, 5.74) is 1.08. The first kappa shape index (κ1) is 14.7. The number of nitrogens with one attached hydrogen (secondary N) is 2. The van der Waals surface area contributed by atoms with Crippen molar-refractivity contribution in [3.63, 3.8) is 0 Å². The van der Waals surface area contributed by atoms with Crippen LogP contribution in [-0.4, -0.2) is 30.6 Å². The molecule has 7 heteroatoms. The number of fused-ring (bicyclic) bond motifs is 1. The van der Waals surface area contributed by atoms with Gasteiger partial charge in [0.05, 0.1) is 30.3 Å². The van der Waals surface area contributed by atoms with Gasteiger partial charge in [0.1, 0.15) is 0 Å². The van der Waals surface area contributed by atoms with Gasteiger partial charge in [-0.25, -0.2) is 4.98 Å². The first-order valence-corrected chi connectivity index (χ1v) is 7.20. The molecule has 2 aliphatic rings. The fourth-order valence-corrected chi connectivity index (χ4v) is 2.92. The number of carbonyl (C=O) groups is 1. The molecule has 5 nitrogen and oxygen atoms in total. The van der Waals surface area contributed by atoms with Crippen LogP contribution in [0.2, 0.25) is 0 Å². The molecule has 3 rings (SSSR count). The third-order valence-electron chi connectivity index (χ3n) is 3.16. The highest BCUT2D eigenvalue weighted by molar-refractivity contribution is 7.15. The van der Waals surface area contributed by atoms with E-state index in [2.05, 4.69) is 15.6 Å². The smallest absolute Gasteiger partial charge is 0.240 e. The van der Waals surface area contributed by atoms with Gasteiger partial charge in [-0.1, -0.05) is 11.3 Å². The molecule has 1 aliphatic carbocycles. The Labute approximate surface area is 122 Å². The first-order valence-electron chi connectivity index (χ1n) is 6.38. The summed E-state index contributed by atoms with van der Waals surface area (Å²) in [5.74, 6) is 0.782. The quantitative estimate of drug-likeness (QED) is 0.867. The molecule has 0 unspecified atom stereocenters. The SMILES string of the molecule is Cl.O=C(CNCC1CC1)Nc1nc2c(s1)COCC2. The summed E-state index contributed by atoms with van der Waals surface area (Å²) in [4.78, 5) is 17.3. The molecular formula is C12H18ClN3O2S. The second-order valence-electron chi connectivity index (χ2n) is 4.81. The lowest BCUT2D eigenvalue weighted by atomic mass is 10.2. The number of halogens is 1. The van der Waals surface area contributed by atoms with Gasteiger partial charge in [-0.05, 0) is 25.3 Å². The highest BCUT2D eigenvalue weighted by atomic mass is 35.5. The number of carbonyl (C=O) groups excluding carboxylic acids is 1. The van der Waals surface area contributed by atoms with Gasteiger partial charge in [0.2, 0.25) is 5.91 Å². The summed E-state index contributed by atoms with van der Waals surface area (Å²) in [6, 6.07) is 0.